The van der Waals surface area contributed by atoms with Gasteiger partial charge in [-0.25, -0.2) is 0 Å². The van der Waals surface area contributed by atoms with E-state index in [9.17, 15) is 0 Å². The van der Waals surface area contributed by atoms with Gasteiger partial charge in [0.05, 0.1) is 0 Å². The Bertz CT molecular complexity index is 519. The molecule has 0 saturated carbocycles. The Hall–Kier alpha value is -2.32. The van der Waals surface area contributed by atoms with Crippen molar-refractivity contribution in [1.29, 1.82) is 0 Å². The molecule has 0 unspecified atom stereocenters. The van der Waals surface area contributed by atoms with Crippen LogP contribution < -0.4 is 0 Å². The predicted octanol–water partition coefficient (Wildman–Crippen LogP) is -1.52. The highest BCUT2D eigenvalue weighted by Crippen LogP contribution is 2.14. The number of hydrogen-bond acceptors (Lipinski definition) is 8. The van der Waals surface area contributed by atoms with E-state index in [2.05, 4.69) is 46.2 Å². The molecule has 1 N–H and O–H groups in total. The third-order valence-corrected chi connectivity index (χ3v) is 1.57. The van der Waals surface area contributed by atoms with Crippen LogP contribution in [-0.2, 0) is 0 Å². The van der Waals surface area contributed by atoms with Gasteiger partial charge in [-0.15, -0.1) is 20.4 Å². The van der Waals surface area contributed by atoms with Gasteiger partial charge < -0.3 is 4.98 Å². The van der Waals surface area contributed by atoms with Gasteiger partial charge >= 0.3 is 0 Å². The maximum absolute atomic E-state index is 3.74. The van der Waals surface area contributed by atoms with E-state index in [-0.39, 0.29) is 0 Å². The summed E-state index contributed by atoms with van der Waals surface area (Å²) < 4.78 is 0. The molecule has 3 rings (SSSR count). The number of rotatable bonds is 0. The highest BCUT2D eigenvalue weighted by molar-refractivity contribution is 5.97. The van der Waals surface area contributed by atoms with E-state index < -0.39 is 0 Å². The number of hydrogen-bond donors (Lipinski definition) is 1. The molecule has 13 heavy (non-hydrogen) atoms. The molecule has 0 aliphatic heterocycles. The van der Waals surface area contributed by atoms with Gasteiger partial charge in [0.15, 0.2) is 22.3 Å². The smallest absolute Gasteiger partial charge is 0.186 e. The fourth-order valence-electron chi connectivity index (χ4n) is 1.05. The molecule has 0 bridgehead atoms. The summed E-state index contributed by atoms with van der Waals surface area (Å²) >= 11 is 0. The maximum atomic E-state index is 3.74. The summed E-state index contributed by atoms with van der Waals surface area (Å²) in [6.45, 7) is 0. The molecule has 0 atom stereocenters. The molecule has 0 aromatic carbocycles. The van der Waals surface area contributed by atoms with E-state index in [4.69, 9.17) is 0 Å². The summed E-state index contributed by atoms with van der Waals surface area (Å²) in [5, 5.41) is 28.4. The SMILES string of the molecule is n1nnc2c(n1)[nH]c1nnnnc12. The molecule has 9 heteroatoms. The second-order valence-electron chi connectivity index (χ2n) is 2.28. The van der Waals surface area contributed by atoms with Crippen LogP contribution in [0.25, 0.3) is 22.3 Å². The lowest BCUT2D eigenvalue weighted by atomic mass is 10.5. The van der Waals surface area contributed by atoms with Crippen LogP contribution in [0.15, 0.2) is 0 Å². The van der Waals surface area contributed by atoms with Crippen molar-refractivity contribution in [2.45, 2.75) is 0 Å². The topological polar surface area (TPSA) is 119 Å². The summed E-state index contributed by atoms with van der Waals surface area (Å²) in [6.07, 6.45) is 0. The minimum atomic E-state index is 0.472. The fraction of sp³-hybridized carbons (Fsp3) is 0. The minimum absolute atomic E-state index is 0.472. The van der Waals surface area contributed by atoms with Crippen molar-refractivity contribution in [3.63, 3.8) is 0 Å². The lowest BCUT2D eigenvalue weighted by Crippen LogP contribution is -1.92. The molecule has 0 spiro atoms. The van der Waals surface area contributed by atoms with Gasteiger partial charge in [0.2, 0.25) is 0 Å². The molecule has 0 aliphatic rings. The van der Waals surface area contributed by atoms with Crippen molar-refractivity contribution < 1.29 is 0 Å². The van der Waals surface area contributed by atoms with Crippen LogP contribution in [0.3, 0.4) is 0 Å². The van der Waals surface area contributed by atoms with E-state index in [1.165, 1.54) is 0 Å². The normalized spacial score (nSPS) is 11.1. The monoisotopic (exact) mass is 175 g/mol. The molecule has 0 saturated heterocycles. The van der Waals surface area contributed by atoms with Gasteiger partial charge in [0.1, 0.15) is 0 Å². The Labute approximate surface area is 69.6 Å². The molecular weight excluding hydrogens is 174 g/mol. The first-order chi connectivity index (χ1) is 6.45. The van der Waals surface area contributed by atoms with Crippen LogP contribution in [0.1, 0.15) is 0 Å². The third kappa shape index (κ3) is 0.745. The molecule has 3 heterocycles. The number of aromatic amines is 1. The van der Waals surface area contributed by atoms with Crippen LogP contribution >= 0.6 is 0 Å². The minimum Gasteiger partial charge on any atom is -0.318 e. The summed E-state index contributed by atoms with van der Waals surface area (Å²) in [6, 6.07) is 0. The molecule has 9 nitrogen and oxygen atoms in total. The van der Waals surface area contributed by atoms with Crippen LogP contribution in [0.2, 0.25) is 0 Å². The van der Waals surface area contributed by atoms with Gasteiger partial charge in [-0.3, -0.25) is 0 Å². The van der Waals surface area contributed by atoms with Crippen LogP contribution in [-0.4, -0.2) is 46.2 Å². The van der Waals surface area contributed by atoms with Crippen LogP contribution in [0.5, 0.6) is 0 Å². The van der Waals surface area contributed by atoms with Gasteiger partial charge in [-0.2, -0.15) is 0 Å². The van der Waals surface area contributed by atoms with Gasteiger partial charge in [-0.1, -0.05) is 0 Å². The average molecular weight is 175 g/mol. The molecular formula is C4HN9. The first-order valence-electron chi connectivity index (χ1n) is 3.34. The number of H-pyrrole nitrogens is 1. The highest BCUT2D eigenvalue weighted by atomic mass is 15.5. The van der Waals surface area contributed by atoms with E-state index in [0.717, 1.165) is 0 Å². The standard InChI is InChI=1S/C4HN9/c5-3-1(6-10-12-8-3)2-4(5)9-13-11-7-2/h(H,5,8,9,10,11). The van der Waals surface area contributed by atoms with Gasteiger partial charge in [0, 0.05) is 0 Å². The zero-order chi connectivity index (χ0) is 8.67. The van der Waals surface area contributed by atoms with E-state index in [1.807, 2.05) is 0 Å². The quantitative estimate of drug-likeness (QED) is 0.437. The Morgan fingerprint density at radius 2 is 1.08 bits per heavy atom. The van der Waals surface area contributed by atoms with Crippen molar-refractivity contribution in [2.75, 3.05) is 0 Å². The number of fused-ring (bicyclic) bond motifs is 3. The lowest BCUT2D eigenvalue weighted by molar-refractivity contribution is 0.791. The number of nitrogens with zero attached hydrogens (tertiary/aromatic N) is 8. The second kappa shape index (κ2) is 2.09. The molecule has 0 amide bonds. The average Bonchev–Trinajstić information content (AvgIpc) is 2.56. The zero-order valence-corrected chi connectivity index (χ0v) is 6.08. The summed E-state index contributed by atoms with van der Waals surface area (Å²) in [5.74, 6) is 0. The molecule has 3 aromatic rings. The van der Waals surface area contributed by atoms with Crippen LogP contribution in [0, 0.1) is 0 Å². The van der Waals surface area contributed by atoms with E-state index in [0.29, 0.717) is 22.3 Å². The Morgan fingerprint density at radius 3 is 1.62 bits per heavy atom. The van der Waals surface area contributed by atoms with Gasteiger partial charge in [-0.05, 0) is 20.9 Å². The Kier molecular flexibility index (Phi) is 1.00. The zero-order valence-electron chi connectivity index (χ0n) is 6.08. The second-order valence-corrected chi connectivity index (χ2v) is 2.28. The van der Waals surface area contributed by atoms with Crippen LogP contribution in [0.4, 0.5) is 0 Å². The predicted molar refractivity (Wildman–Crippen MR) is 38.2 cm³/mol. The van der Waals surface area contributed by atoms with Crippen molar-refractivity contribution in [3.8, 4) is 0 Å². The third-order valence-electron chi connectivity index (χ3n) is 1.57. The number of aromatic nitrogens is 9. The van der Waals surface area contributed by atoms with E-state index in [1.54, 1.807) is 0 Å². The molecule has 0 fully saturated rings. The lowest BCUT2D eigenvalue weighted by Gasteiger charge is -1.81. The van der Waals surface area contributed by atoms with Crippen molar-refractivity contribution in [2.24, 2.45) is 0 Å². The Balaban J connectivity index is 2.64. The first-order valence-corrected chi connectivity index (χ1v) is 3.34. The molecule has 3 aromatic heterocycles. The molecule has 0 radical (unpaired) electrons. The largest absolute Gasteiger partial charge is 0.318 e. The molecule has 62 valence electrons. The van der Waals surface area contributed by atoms with Gasteiger partial charge in [0.25, 0.3) is 0 Å². The van der Waals surface area contributed by atoms with Crippen molar-refractivity contribution in [3.05, 3.63) is 0 Å². The van der Waals surface area contributed by atoms with Crippen molar-refractivity contribution >= 4 is 22.3 Å². The van der Waals surface area contributed by atoms with Crippen molar-refractivity contribution in [1.82, 2.24) is 46.2 Å². The maximum Gasteiger partial charge on any atom is 0.186 e. The summed E-state index contributed by atoms with van der Waals surface area (Å²) in [7, 11) is 0. The number of nitrogens with one attached hydrogen (secondary N) is 1. The fourth-order valence-corrected chi connectivity index (χ4v) is 1.05. The highest BCUT2D eigenvalue weighted by Gasteiger charge is 2.09. The Morgan fingerprint density at radius 1 is 0.615 bits per heavy atom. The summed E-state index contributed by atoms with van der Waals surface area (Å²) in [5.41, 5.74) is 1.93. The summed E-state index contributed by atoms with van der Waals surface area (Å²) in [4.78, 5) is 2.83. The first kappa shape index (κ1) is 6.22. The molecule has 0 aliphatic carbocycles. The van der Waals surface area contributed by atoms with E-state index >= 15 is 0 Å².